The summed E-state index contributed by atoms with van der Waals surface area (Å²) in [5.41, 5.74) is 0.941. The van der Waals surface area contributed by atoms with Gasteiger partial charge >= 0.3 is 5.97 Å². The van der Waals surface area contributed by atoms with Crippen LogP contribution in [0.3, 0.4) is 0 Å². The van der Waals surface area contributed by atoms with Crippen LogP contribution < -0.4 is 5.32 Å². The summed E-state index contributed by atoms with van der Waals surface area (Å²) in [5.74, 6) is -1.09. The van der Waals surface area contributed by atoms with Crippen LogP contribution in [-0.2, 0) is 30.3 Å². The summed E-state index contributed by atoms with van der Waals surface area (Å²) in [6.45, 7) is 5.16. The molecule has 1 aromatic carbocycles. The van der Waals surface area contributed by atoms with Gasteiger partial charge in [-0.2, -0.15) is 0 Å². The average Bonchev–Trinajstić information content (AvgIpc) is 2.82. The number of nitrogens with zero attached hydrogens (tertiary/aromatic N) is 1. The molecule has 0 aromatic heterocycles. The van der Waals surface area contributed by atoms with Crippen molar-refractivity contribution in [3.8, 4) is 0 Å². The molecule has 1 heterocycles. The first-order chi connectivity index (χ1) is 14.3. The third-order valence-corrected chi connectivity index (χ3v) is 6.01. The smallest absolute Gasteiger partial charge is 0.325 e. The zero-order valence-electron chi connectivity index (χ0n) is 17.8. The Labute approximate surface area is 181 Å². The van der Waals surface area contributed by atoms with Crippen molar-refractivity contribution in [3.63, 3.8) is 0 Å². The topological polar surface area (TPSA) is 92.8 Å². The lowest BCUT2D eigenvalue weighted by Crippen LogP contribution is -2.52. The molecule has 1 aliphatic rings. The lowest BCUT2D eigenvalue weighted by atomic mass is 10.1. The van der Waals surface area contributed by atoms with Crippen LogP contribution >= 0.6 is 11.8 Å². The molecule has 2 rings (SSSR count). The minimum atomic E-state index is -0.720. The molecule has 0 bridgehead atoms. The van der Waals surface area contributed by atoms with E-state index in [9.17, 15) is 19.2 Å². The molecular formula is C22H30N2O5S. The normalized spacial score (nSPS) is 20.2. The number of rotatable bonds is 8. The summed E-state index contributed by atoms with van der Waals surface area (Å²) < 4.78 is 4.99. The maximum atomic E-state index is 13.1. The van der Waals surface area contributed by atoms with Crippen molar-refractivity contribution in [2.24, 2.45) is 0 Å². The molecule has 1 fully saturated rings. The van der Waals surface area contributed by atoms with E-state index in [1.165, 1.54) is 11.8 Å². The number of thioether (sulfide) groups is 1. The number of hydrogen-bond donors (Lipinski definition) is 1. The predicted molar refractivity (Wildman–Crippen MR) is 116 cm³/mol. The molecule has 2 amide bonds. The van der Waals surface area contributed by atoms with E-state index in [1.807, 2.05) is 37.3 Å². The van der Waals surface area contributed by atoms with Crippen molar-refractivity contribution >= 4 is 34.7 Å². The summed E-state index contributed by atoms with van der Waals surface area (Å²) in [7, 11) is 0. The van der Waals surface area contributed by atoms with Gasteiger partial charge in [0, 0.05) is 13.0 Å². The first-order valence-corrected chi connectivity index (χ1v) is 11.2. The highest BCUT2D eigenvalue weighted by Crippen LogP contribution is 2.21. The molecule has 0 saturated carbocycles. The van der Waals surface area contributed by atoms with E-state index in [0.717, 1.165) is 30.2 Å². The number of likely N-dealkylation sites (tertiary alicyclic amines) is 1. The summed E-state index contributed by atoms with van der Waals surface area (Å²) in [6, 6.07) is 8.62. The van der Waals surface area contributed by atoms with Gasteiger partial charge < -0.3 is 15.0 Å². The minimum Gasteiger partial charge on any atom is -0.465 e. The number of carbonyl (C=O) groups is 4. The Morgan fingerprint density at radius 3 is 2.57 bits per heavy atom. The van der Waals surface area contributed by atoms with Gasteiger partial charge in [-0.3, -0.25) is 19.2 Å². The number of ether oxygens (including phenoxy) is 1. The first kappa shape index (κ1) is 23.9. The molecule has 1 saturated heterocycles. The zero-order valence-corrected chi connectivity index (χ0v) is 18.6. The molecule has 0 aliphatic carbocycles. The summed E-state index contributed by atoms with van der Waals surface area (Å²) in [4.78, 5) is 51.2. The fourth-order valence-corrected chi connectivity index (χ4v) is 4.36. The van der Waals surface area contributed by atoms with Gasteiger partial charge in [0.05, 0.1) is 11.9 Å². The van der Waals surface area contributed by atoms with Gasteiger partial charge in [0.1, 0.15) is 12.6 Å². The molecule has 8 heteroatoms. The van der Waals surface area contributed by atoms with E-state index in [0.29, 0.717) is 12.8 Å². The second kappa shape index (κ2) is 11.7. The Balaban J connectivity index is 2.11. The number of esters is 1. The van der Waals surface area contributed by atoms with Crippen LogP contribution in [0.25, 0.3) is 0 Å². The van der Waals surface area contributed by atoms with E-state index in [-0.39, 0.29) is 36.1 Å². The van der Waals surface area contributed by atoms with Crippen molar-refractivity contribution in [1.82, 2.24) is 10.2 Å². The van der Waals surface area contributed by atoms with Gasteiger partial charge in [0.2, 0.25) is 11.8 Å². The van der Waals surface area contributed by atoms with Crippen LogP contribution in [0.2, 0.25) is 0 Å². The van der Waals surface area contributed by atoms with Gasteiger partial charge in [-0.25, -0.2) is 0 Å². The molecule has 30 heavy (non-hydrogen) atoms. The second-order valence-corrected chi connectivity index (χ2v) is 8.78. The second-order valence-electron chi connectivity index (χ2n) is 7.40. The Kier molecular flexibility index (Phi) is 9.36. The van der Waals surface area contributed by atoms with Crippen molar-refractivity contribution in [3.05, 3.63) is 35.9 Å². The zero-order chi connectivity index (χ0) is 22.1. The number of carbonyl (C=O) groups excluding carboxylic acids is 4. The van der Waals surface area contributed by atoms with E-state index in [1.54, 1.807) is 6.92 Å². The third kappa shape index (κ3) is 7.16. The number of amides is 2. The molecule has 1 N–H and O–H groups in total. The number of nitrogens with one attached hydrogen (secondary N) is 1. The molecule has 1 aliphatic heterocycles. The molecule has 0 unspecified atom stereocenters. The Morgan fingerprint density at radius 1 is 1.23 bits per heavy atom. The van der Waals surface area contributed by atoms with Gasteiger partial charge in [-0.05, 0) is 45.1 Å². The Hall–Kier alpha value is -2.35. The molecule has 1 aromatic rings. The van der Waals surface area contributed by atoms with Crippen molar-refractivity contribution in [2.45, 2.75) is 63.8 Å². The maximum Gasteiger partial charge on any atom is 0.325 e. The molecular weight excluding hydrogens is 404 g/mol. The van der Waals surface area contributed by atoms with Crippen molar-refractivity contribution in [2.75, 3.05) is 13.2 Å². The van der Waals surface area contributed by atoms with E-state index in [4.69, 9.17) is 4.74 Å². The lowest BCUT2D eigenvalue weighted by molar-refractivity contribution is -0.150. The molecule has 0 spiro atoms. The largest absolute Gasteiger partial charge is 0.465 e. The van der Waals surface area contributed by atoms with Crippen LogP contribution in [-0.4, -0.2) is 58.3 Å². The van der Waals surface area contributed by atoms with Crippen molar-refractivity contribution < 1.29 is 23.9 Å². The third-order valence-electron chi connectivity index (χ3n) is 5.01. The summed E-state index contributed by atoms with van der Waals surface area (Å²) in [5, 5.41) is 2.05. The summed E-state index contributed by atoms with van der Waals surface area (Å²) >= 11 is 0.966. The fraction of sp³-hybridized carbons (Fsp3) is 0.545. The highest BCUT2D eigenvalue weighted by atomic mass is 32.2. The van der Waals surface area contributed by atoms with E-state index in [2.05, 4.69) is 5.32 Å². The average molecular weight is 435 g/mol. The van der Waals surface area contributed by atoms with Crippen LogP contribution in [0, 0.1) is 0 Å². The molecule has 0 radical (unpaired) electrons. The van der Waals surface area contributed by atoms with Crippen LogP contribution in [0.5, 0.6) is 0 Å². The Morgan fingerprint density at radius 2 is 1.93 bits per heavy atom. The molecule has 7 nitrogen and oxygen atoms in total. The van der Waals surface area contributed by atoms with Gasteiger partial charge in [-0.1, -0.05) is 42.1 Å². The monoisotopic (exact) mass is 434 g/mol. The number of benzene rings is 1. The summed E-state index contributed by atoms with van der Waals surface area (Å²) in [6.07, 6.45) is 2.38. The standard InChI is InChI=1S/C22H30N2O5S/c1-4-29-20(26)14-24-15(2)9-8-12-18(22(24)28)23-21(27)19(30-16(3)25)13-17-10-6-5-7-11-17/h5-7,10-11,15,18-19H,4,8-9,12-14H2,1-3H3,(H,23,27)/t15-,18+,19+/m1/s1. The van der Waals surface area contributed by atoms with E-state index < -0.39 is 17.3 Å². The van der Waals surface area contributed by atoms with Gasteiger partial charge in [-0.15, -0.1) is 0 Å². The highest BCUT2D eigenvalue weighted by Gasteiger charge is 2.34. The van der Waals surface area contributed by atoms with Gasteiger partial charge in [0.15, 0.2) is 5.12 Å². The van der Waals surface area contributed by atoms with Crippen LogP contribution in [0.15, 0.2) is 30.3 Å². The fourth-order valence-electron chi connectivity index (χ4n) is 3.51. The maximum absolute atomic E-state index is 13.1. The minimum absolute atomic E-state index is 0.115. The SMILES string of the molecule is CCOC(=O)CN1C(=O)[C@@H](NC(=O)[C@H](Cc2ccccc2)SC(C)=O)CCC[C@H]1C. The predicted octanol–water partition coefficient (Wildman–Crippen LogP) is 2.33. The quantitative estimate of drug-likeness (QED) is 0.632. The van der Waals surface area contributed by atoms with E-state index >= 15 is 0 Å². The molecule has 164 valence electrons. The van der Waals surface area contributed by atoms with Crippen LogP contribution in [0.1, 0.15) is 45.6 Å². The van der Waals surface area contributed by atoms with Crippen LogP contribution in [0.4, 0.5) is 0 Å². The molecule has 3 atom stereocenters. The van der Waals surface area contributed by atoms with Crippen molar-refractivity contribution in [1.29, 1.82) is 0 Å². The van der Waals surface area contributed by atoms with Gasteiger partial charge in [0.25, 0.3) is 0 Å². The first-order valence-electron chi connectivity index (χ1n) is 10.3. The lowest BCUT2D eigenvalue weighted by Gasteiger charge is -2.29. The Bertz CT molecular complexity index is 755. The highest BCUT2D eigenvalue weighted by molar-refractivity contribution is 8.14. The number of hydrogen-bond acceptors (Lipinski definition) is 6.